The van der Waals surface area contributed by atoms with Gasteiger partial charge in [0, 0.05) is 18.7 Å². The predicted octanol–water partition coefficient (Wildman–Crippen LogP) is 0.360. The summed E-state index contributed by atoms with van der Waals surface area (Å²) < 4.78 is 31.5. The molecule has 2 rings (SSSR count). The Hall–Kier alpha value is -1.39. The van der Waals surface area contributed by atoms with E-state index in [4.69, 9.17) is 9.84 Å². The van der Waals surface area contributed by atoms with Crippen LogP contribution in [0.4, 0.5) is 0 Å². The van der Waals surface area contributed by atoms with Crippen molar-refractivity contribution in [3.63, 3.8) is 0 Å². The van der Waals surface area contributed by atoms with Gasteiger partial charge in [0.15, 0.2) is 0 Å². The first-order valence-corrected chi connectivity index (χ1v) is 7.78. The second kappa shape index (κ2) is 6.37. The van der Waals surface area contributed by atoms with Crippen LogP contribution in [-0.2, 0) is 14.8 Å². The molecule has 5 nitrogen and oxygen atoms in total. The van der Waals surface area contributed by atoms with E-state index in [-0.39, 0.29) is 11.5 Å². The summed E-state index contributed by atoms with van der Waals surface area (Å²) in [6.07, 6.45) is 0. The molecule has 0 amide bonds. The van der Waals surface area contributed by atoms with Gasteiger partial charge in [0.25, 0.3) is 0 Å². The standard InChI is InChI=1S/C14H17NO4S/c1-12-11-14(5-4-13(12)3-2-8-16)20(17,18)15-6-9-19-10-7-15/h4-5,11,16H,6-10H2,1H3. The van der Waals surface area contributed by atoms with E-state index in [2.05, 4.69) is 11.8 Å². The lowest BCUT2D eigenvalue weighted by Gasteiger charge is -2.26. The Morgan fingerprint density at radius 1 is 1.35 bits per heavy atom. The van der Waals surface area contributed by atoms with Crippen LogP contribution in [0.3, 0.4) is 0 Å². The van der Waals surface area contributed by atoms with Crippen molar-refractivity contribution in [1.29, 1.82) is 0 Å². The number of aryl methyl sites for hydroxylation is 1. The number of sulfonamides is 1. The Kier molecular flexibility index (Phi) is 4.78. The summed E-state index contributed by atoms with van der Waals surface area (Å²) >= 11 is 0. The van der Waals surface area contributed by atoms with E-state index in [1.54, 1.807) is 25.1 Å². The van der Waals surface area contributed by atoms with Crippen LogP contribution < -0.4 is 0 Å². The molecule has 20 heavy (non-hydrogen) atoms. The molecule has 1 fully saturated rings. The summed E-state index contributed by atoms with van der Waals surface area (Å²) in [5, 5.41) is 8.68. The van der Waals surface area contributed by atoms with E-state index in [0.29, 0.717) is 26.3 Å². The fourth-order valence-electron chi connectivity index (χ4n) is 2.01. The van der Waals surface area contributed by atoms with Gasteiger partial charge in [-0.2, -0.15) is 4.31 Å². The zero-order valence-corrected chi connectivity index (χ0v) is 12.1. The van der Waals surface area contributed by atoms with Crippen molar-refractivity contribution in [2.75, 3.05) is 32.9 Å². The molecule has 1 saturated heterocycles. The second-order valence-corrected chi connectivity index (χ2v) is 6.39. The van der Waals surface area contributed by atoms with Crippen LogP contribution in [-0.4, -0.2) is 50.7 Å². The molecule has 0 aromatic heterocycles. The Morgan fingerprint density at radius 3 is 2.65 bits per heavy atom. The van der Waals surface area contributed by atoms with Crippen LogP contribution >= 0.6 is 0 Å². The van der Waals surface area contributed by atoms with Crippen molar-refractivity contribution in [2.24, 2.45) is 0 Å². The molecule has 6 heteroatoms. The molecule has 108 valence electrons. The highest BCUT2D eigenvalue weighted by atomic mass is 32.2. The molecule has 1 aliphatic heterocycles. The van der Waals surface area contributed by atoms with Crippen molar-refractivity contribution in [2.45, 2.75) is 11.8 Å². The topological polar surface area (TPSA) is 66.8 Å². The summed E-state index contributed by atoms with van der Waals surface area (Å²) in [5.41, 5.74) is 1.50. The summed E-state index contributed by atoms with van der Waals surface area (Å²) in [6.45, 7) is 3.21. The van der Waals surface area contributed by atoms with E-state index in [9.17, 15) is 8.42 Å². The molecule has 0 unspecified atom stereocenters. The maximum Gasteiger partial charge on any atom is 0.243 e. The SMILES string of the molecule is Cc1cc(S(=O)(=O)N2CCOCC2)ccc1C#CCO. The molecule has 0 aliphatic carbocycles. The number of hydrogen-bond acceptors (Lipinski definition) is 4. The van der Waals surface area contributed by atoms with Crippen LogP contribution in [0.1, 0.15) is 11.1 Å². The maximum absolute atomic E-state index is 12.5. The minimum atomic E-state index is -3.47. The van der Waals surface area contributed by atoms with Crippen LogP contribution in [0, 0.1) is 18.8 Å². The molecule has 0 bridgehead atoms. The number of benzene rings is 1. The Balaban J connectivity index is 2.30. The Morgan fingerprint density at radius 2 is 2.05 bits per heavy atom. The van der Waals surface area contributed by atoms with E-state index >= 15 is 0 Å². The zero-order valence-electron chi connectivity index (χ0n) is 11.3. The molecule has 1 heterocycles. The average molecular weight is 295 g/mol. The summed E-state index contributed by atoms with van der Waals surface area (Å²) in [6, 6.07) is 4.84. The number of ether oxygens (including phenoxy) is 1. The molecular weight excluding hydrogens is 278 g/mol. The van der Waals surface area contributed by atoms with Gasteiger partial charge < -0.3 is 9.84 Å². The lowest BCUT2D eigenvalue weighted by molar-refractivity contribution is 0.0730. The monoisotopic (exact) mass is 295 g/mol. The number of aliphatic hydroxyl groups excluding tert-OH is 1. The van der Waals surface area contributed by atoms with E-state index < -0.39 is 10.0 Å². The fourth-order valence-corrected chi connectivity index (χ4v) is 3.50. The third-order valence-electron chi connectivity index (χ3n) is 3.11. The van der Waals surface area contributed by atoms with Crippen LogP contribution in [0.15, 0.2) is 23.1 Å². The van der Waals surface area contributed by atoms with Gasteiger partial charge in [-0.3, -0.25) is 0 Å². The number of nitrogens with zero attached hydrogens (tertiary/aromatic N) is 1. The summed E-state index contributed by atoms with van der Waals surface area (Å²) in [7, 11) is -3.47. The number of rotatable bonds is 2. The molecule has 0 spiro atoms. The highest BCUT2D eigenvalue weighted by Gasteiger charge is 2.26. The molecule has 1 aromatic carbocycles. The molecular formula is C14H17NO4S. The van der Waals surface area contributed by atoms with Crippen molar-refractivity contribution < 1.29 is 18.3 Å². The van der Waals surface area contributed by atoms with Gasteiger partial charge in [0.1, 0.15) is 6.61 Å². The maximum atomic E-state index is 12.5. The Labute approximate surface area is 119 Å². The number of aliphatic hydroxyl groups is 1. The normalized spacial score (nSPS) is 16.5. The smallest absolute Gasteiger partial charge is 0.243 e. The van der Waals surface area contributed by atoms with Gasteiger partial charge in [-0.15, -0.1) is 0 Å². The molecule has 0 saturated carbocycles. The third kappa shape index (κ3) is 3.19. The molecule has 0 radical (unpaired) electrons. The van der Waals surface area contributed by atoms with Crippen molar-refractivity contribution in [1.82, 2.24) is 4.31 Å². The highest BCUT2D eigenvalue weighted by molar-refractivity contribution is 7.89. The summed E-state index contributed by atoms with van der Waals surface area (Å²) in [4.78, 5) is 0.270. The van der Waals surface area contributed by atoms with E-state index in [1.807, 2.05) is 0 Å². The zero-order chi connectivity index (χ0) is 14.6. The van der Waals surface area contributed by atoms with Crippen molar-refractivity contribution in [3.8, 4) is 11.8 Å². The lowest BCUT2D eigenvalue weighted by atomic mass is 10.1. The van der Waals surface area contributed by atoms with Crippen LogP contribution in [0.2, 0.25) is 0 Å². The van der Waals surface area contributed by atoms with Crippen LogP contribution in [0.5, 0.6) is 0 Å². The first kappa shape index (κ1) is 15.0. The summed E-state index contributed by atoms with van der Waals surface area (Å²) in [5.74, 6) is 5.35. The van der Waals surface area contributed by atoms with Gasteiger partial charge in [-0.25, -0.2) is 8.42 Å². The Bertz CT molecular complexity index is 637. The largest absolute Gasteiger partial charge is 0.384 e. The first-order chi connectivity index (χ1) is 9.55. The fraction of sp³-hybridized carbons (Fsp3) is 0.429. The molecule has 1 aliphatic rings. The third-order valence-corrected chi connectivity index (χ3v) is 5.00. The minimum Gasteiger partial charge on any atom is -0.384 e. The molecule has 0 atom stereocenters. The van der Waals surface area contributed by atoms with Gasteiger partial charge >= 0.3 is 0 Å². The van der Waals surface area contributed by atoms with Gasteiger partial charge in [-0.05, 0) is 30.7 Å². The lowest BCUT2D eigenvalue weighted by Crippen LogP contribution is -2.40. The van der Waals surface area contributed by atoms with Gasteiger partial charge in [0.05, 0.1) is 18.1 Å². The minimum absolute atomic E-state index is 0.215. The van der Waals surface area contributed by atoms with E-state index in [1.165, 1.54) is 4.31 Å². The van der Waals surface area contributed by atoms with Gasteiger partial charge in [0.2, 0.25) is 10.0 Å². The number of morpholine rings is 1. The highest BCUT2D eigenvalue weighted by Crippen LogP contribution is 2.20. The van der Waals surface area contributed by atoms with E-state index in [0.717, 1.165) is 11.1 Å². The molecule has 1 aromatic rings. The average Bonchev–Trinajstić information content (AvgIpc) is 2.47. The van der Waals surface area contributed by atoms with Crippen molar-refractivity contribution >= 4 is 10.0 Å². The number of hydrogen-bond donors (Lipinski definition) is 1. The predicted molar refractivity (Wildman–Crippen MR) is 74.7 cm³/mol. The van der Waals surface area contributed by atoms with Gasteiger partial charge in [-0.1, -0.05) is 11.8 Å². The second-order valence-electron chi connectivity index (χ2n) is 4.45. The quantitative estimate of drug-likeness (QED) is 0.800. The first-order valence-electron chi connectivity index (χ1n) is 6.34. The van der Waals surface area contributed by atoms with Crippen LogP contribution in [0.25, 0.3) is 0 Å². The van der Waals surface area contributed by atoms with Crippen molar-refractivity contribution in [3.05, 3.63) is 29.3 Å². The molecule has 1 N–H and O–H groups in total.